The number of guanidine groups is 1. The van der Waals surface area contributed by atoms with Gasteiger partial charge in [-0.25, -0.2) is 0 Å². The Balaban J connectivity index is 0.00000280. The number of anilines is 1. The van der Waals surface area contributed by atoms with E-state index in [9.17, 15) is 0 Å². The highest BCUT2D eigenvalue weighted by Gasteiger charge is 2.29. The highest BCUT2D eigenvalue weighted by Crippen LogP contribution is 2.23. The molecule has 0 bridgehead atoms. The topological polar surface area (TPSA) is 52.1 Å². The highest BCUT2D eigenvalue weighted by atomic mass is 127. The van der Waals surface area contributed by atoms with E-state index in [0.717, 1.165) is 77.6 Å². The van der Waals surface area contributed by atoms with Crippen LogP contribution in [0, 0.1) is 0 Å². The minimum Gasteiger partial charge on any atom is -0.373 e. The molecule has 1 aromatic carbocycles. The van der Waals surface area contributed by atoms with E-state index in [4.69, 9.17) is 4.74 Å². The van der Waals surface area contributed by atoms with Crippen LogP contribution in [0.2, 0.25) is 0 Å². The quantitative estimate of drug-likeness (QED) is 0.261. The molecule has 6 nitrogen and oxygen atoms in total. The Morgan fingerprint density at radius 1 is 1.14 bits per heavy atom. The van der Waals surface area contributed by atoms with Crippen LogP contribution in [-0.4, -0.2) is 75.9 Å². The van der Waals surface area contributed by atoms with Crippen LogP contribution in [0.4, 0.5) is 5.69 Å². The summed E-state index contributed by atoms with van der Waals surface area (Å²) in [6.07, 6.45) is 3.40. The summed E-state index contributed by atoms with van der Waals surface area (Å²) in [5.41, 5.74) is 1.30. The van der Waals surface area contributed by atoms with Crippen molar-refractivity contribution >= 4 is 35.6 Å². The zero-order chi connectivity index (χ0) is 19.0. The first-order chi connectivity index (χ1) is 13.2. The van der Waals surface area contributed by atoms with Crippen LogP contribution in [0.3, 0.4) is 0 Å². The van der Waals surface area contributed by atoms with Crippen molar-refractivity contribution in [3.8, 4) is 0 Å². The van der Waals surface area contributed by atoms with Gasteiger partial charge in [-0.2, -0.15) is 0 Å². The van der Waals surface area contributed by atoms with Gasteiger partial charge in [-0.1, -0.05) is 18.2 Å². The highest BCUT2D eigenvalue weighted by molar-refractivity contribution is 14.0. The van der Waals surface area contributed by atoms with Crippen molar-refractivity contribution in [2.24, 2.45) is 4.99 Å². The number of nitrogens with zero attached hydrogens (tertiary/aromatic N) is 3. The van der Waals surface area contributed by atoms with Gasteiger partial charge in [-0.15, -0.1) is 24.0 Å². The smallest absolute Gasteiger partial charge is 0.191 e. The van der Waals surface area contributed by atoms with Gasteiger partial charge < -0.3 is 20.3 Å². The number of nitrogens with one attached hydrogen (secondary N) is 2. The molecule has 2 N–H and O–H groups in total. The van der Waals surface area contributed by atoms with Crippen molar-refractivity contribution in [1.29, 1.82) is 0 Å². The van der Waals surface area contributed by atoms with E-state index >= 15 is 0 Å². The van der Waals surface area contributed by atoms with Gasteiger partial charge in [0.05, 0.1) is 5.60 Å². The van der Waals surface area contributed by atoms with E-state index in [0.29, 0.717) is 0 Å². The summed E-state index contributed by atoms with van der Waals surface area (Å²) in [6, 6.07) is 10.7. The summed E-state index contributed by atoms with van der Waals surface area (Å²) in [4.78, 5) is 9.37. The van der Waals surface area contributed by atoms with Gasteiger partial charge in [-0.3, -0.25) is 9.89 Å². The fourth-order valence-electron chi connectivity index (χ4n) is 3.85. The third-order valence-electron chi connectivity index (χ3n) is 5.59. The number of ether oxygens (including phenoxy) is 1. The first-order valence-electron chi connectivity index (χ1n) is 10.3. The lowest BCUT2D eigenvalue weighted by Gasteiger charge is -2.36. The fourth-order valence-corrected chi connectivity index (χ4v) is 3.85. The third kappa shape index (κ3) is 7.08. The Hall–Kier alpha value is -1.06. The van der Waals surface area contributed by atoms with Crippen molar-refractivity contribution in [2.45, 2.75) is 31.8 Å². The molecule has 1 unspecified atom stereocenters. The van der Waals surface area contributed by atoms with Crippen LogP contribution in [0.25, 0.3) is 0 Å². The van der Waals surface area contributed by atoms with Crippen molar-refractivity contribution in [2.75, 3.05) is 64.4 Å². The van der Waals surface area contributed by atoms with Crippen molar-refractivity contribution in [3.05, 3.63) is 30.3 Å². The lowest BCUT2D eigenvalue weighted by Crippen LogP contribution is -2.48. The molecule has 0 spiro atoms. The van der Waals surface area contributed by atoms with Crippen molar-refractivity contribution < 1.29 is 4.74 Å². The molecule has 2 aliphatic heterocycles. The maximum Gasteiger partial charge on any atom is 0.191 e. The van der Waals surface area contributed by atoms with E-state index in [2.05, 4.69) is 62.7 Å². The largest absolute Gasteiger partial charge is 0.373 e. The molecule has 0 aromatic heterocycles. The van der Waals surface area contributed by atoms with Crippen LogP contribution in [0.1, 0.15) is 26.2 Å². The van der Waals surface area contributed by atoms with Crippen LogP contribution in [0.15, 0.2) is 35.3 Å². The summed E-state index contributed by atoms with van der Waals surface area (Å²) in [7, 11) is 1.83. The van der Waals surface area contributed by atoms with E-state index in [1.165, 1.54) is 5.69 Å². The van der Waals surface area contributed by atoms with Crippen LogP contribution in [-0.2, 0) is 4.74 Å². The van der Waals surface area contributed by atoms with Gasteiger partial charge in [0.2, 0.25) is 0 Å². The third-order valence-corrected chi connectivity index (χ3v) is 5.59. The van der Waals surface area contributed by atoms with Crippen LogP contribution in [0.5, 0.6) is 0 Å². The number of benzene rings is 1. The van der Waals surface area contributed by atoms with E-state index in [1.54, 1.807) is 0 Å². The zero-order valence-corrected chi connectivity index (χ0v) is 19.7. The van der Waals surface area contributed by atoms with Gasteiger partial charge in [0, 0.05) is 58.6 Å². The molecule has 3 rings (SSSR count). The molecule has 158 valence electrons. The molecular formula is C21H36IN5O. The molecule has 0 amide bonds. The molecule has 7 heteroatoms. The van der Waals surface area contributed by atoms with Crippen molar-refractivity contribution in [3.63, 3.8) is 0 Å². The minimum absolute atomic E-state index is 0. The molecular weight excluding hydrogens is 465 g/mol. The Bertz CT molecular complexity index is 584. The van der Waals surface area contributed by atoms with Gasteiger partial charge in [0.15, 0.2) is 5.96 Å². The Morgan fingerprint density at radius 3 is 2.54 bits per heavy atom. The first-order valence-corrected chi connectivity index (χ1v) is 10.3. The molecule has 0 saturated carbocycles. The normalized spacial score (nSPS) is 23.4. The molecule has 1 aromatic rings. The zero-order valence-electron chi connectivity index (χ0n) is 17.3. The second kappa shape index (κ2) is 11.8. The molecule has 2 aliphatic rings. The first kappa shape index (κ1) is 23.2. The van der Waals surface area contributed by atoms with Crippen molar-refractivity contribution in [1.82, 2.24) is 15.5 Å². The lowest BCUT2D eigenvalue weighted by atomic mass is 10.0. The summed E-state index contributed by atoms with van der Waals surface area (Å²) in [5, 5.41) is 6.84. The second-order valence-electron chi connectivity index (χ2n) is 7.77. The molecule has 2 fully saturated rings. The maximum absolute atomic E-state index is 5.83. The average Bonchev–Trinajstić information content (AvgIpc) is 3.15. The number of rotatable bonds is 7. The fraction of sp³-hybridized carbons (Fsp3) is 0.667. The molecule has 0 radical (unpaired) electrons. The number of para-hydroxylation sites is 1. The monoisotopic (exact) mass is 501 g/mol. The van der Waals surface area contributed by atoms with Gasteiger partial charge in [0.1, 0.15) is 0 Å². The Morgan fingerprint density at radius 2 is 1.89 bits per heavy atom. The number of hydrogen-bond donors (Lipinski definition) is 2. The molecule has 1 atom stereocenters. The van der Waals surface area contributed by atoms with Gasteiger partial charge in [-0.05, 0) is 44.9 Å². The van der Waals surface area contributed by atoms with Crippen LogP contribution < -0.4 is 15.5 Å². The number of piperazine rings is 1. The van der Waals surface area contributed by atoms with Gasteiger partial charge in [0.25, 0.3) is 0 Å². The predicted molar refractivity (Wildman–Crippen MR) is 128 cm³/mol. The van der Waals surface area contributed by atoms with E-state index in [1.807, 2.05) is 7.05 Å². The molecule has 28 heavy (non-hydrogen) atoms. The SMILES string of the molecule is CN=C(NCCCN1CCN(c2ccccc2)CC1)NCC1(C)CCCO1.I. The summed E-state index contributed by atoms with van der Waals surface area (Å²) in [5.74, 6) is 0.876. The Kier molecular flexibility index (Phi) is 9.81. The predicted octanol–water partition coefficient (Wildman–Crippen LogP) is 2.55. The standard InChI is InChI=1S/C21H35N5O.HI/c1-21(10-6-17-27-21)18-24-20(22-2)23-11-7-12-25-13-15-26(16-14-25)19-8-4-3-5-9-19;/h3-5,8-9H,6-7,10-18H2,1-2H3,(H2,22,23,24);1H. The maximum atomic E-state index is 5.83. The summed E-state index contributed by atoms with van der Waals surface area (Å²) >= 11 is 0. The molecule has 2 saturated heterocycles. The summed E-state index contributed by atoms with van der Waals surface area (Å²) in [6.45, 7) is 10.4. The average molecular weight is 501 g/mol. The summed E-state index contributed by atoms with van der Waals surface area (Å²) < 4.78 is 5.83. The van der Waals surface area contributed by atoms with Crippen LogP contribution >= 0.6 is 24.0 Å². The minimum atomic E-state index is -0.0456. The Labute approximate surface area is 187 Å². The lowest BCUT2D eigenvalue weighted by molar-refractivity contribution is 0.0243. The molecule has 2 heterocycles. The van der Waals surface area contributed by atoms with E-state index < -0.39 is 0 Å². The van der Waals surface area contributed by atoms with E-state index in [-0.39, 0.29) is 29.6 Å². The molecule has 0 aliphatic carbocycles. The number of aliphatic imine (C=N–C) groups is 1. The van der Waals surface area contributed by atoms with Gasteiger partial charge >= 0.3 is 0 Å². The number of hydrogen-bond acceptors (Lipinski definition) is 4. The number of halogens is 1. The second-order valence-corrected chi connectivity index (χ2v) is 7.77.